The van der Waals surface area contributed by atoms with Gasteiger partial charge in [0.15, 0.2) is 0 Å². The Hall–Kier alpha value is -2.83. The number of hydrogen-bond acceptors (Lipinski definition) is 5. The van der Waals surface area contributed by atoms with Gasteiger partial charge in [-0.15, -0.1) is 0 Å². The highest BCUT2D eigenvalue weighted by Crippen LogP contribution is 2.22. The monoisotopic (exact) mass is 356 g/mol. The standard InChI is InChI=1S/C19H24N4O3/c1-5-23-11-16(13(3)21-23)17-10-18(26-22-17)19(24)20-12(2)14-7-6-8-15(9-14)25-4/h6-9,11-12,18H,5,10H2,1-4H3,(H,20,24). The van der Waals surface area contributed by atoms with Crippen LogP contribution in [0.25, 0.3) is 0 Å². The van der Waals surface area contributed by atoms with E-state index in [1.807, 2.05) is 55.9 Å². The van der Waals surface area contributed by atoms with Crippen LogP contribution in [0.15, 0.2) is 35.6 Å². The summed E-state index contributed by atoms with van der Waals surface area (Å²) in [7, 11) is 1.62. The van der Waals surface area contributed by atoms with E-state index < -0.39 is 6.10 Å². The van der Waals surface area contributed by atoms with Crippen molar-refractivity contribution < 1.29 is 14.4 Å². The van der Waals surface area contributed by atoms with Gasteiger partial charge in [-0.05, 0) is 38.5 Å². The third-order valence-corrected chi connectivity index (χ3v) is 4.50. The highest BCUT2D eigenvalue weighted by molar-refractivity contribution is 6.04. The molecule has 7 heteroatoms. The molecule has 2 aromatic rings. The van der Waals surface area contributed by atoms with Crippen LogP contribution in [-0.4, -0.2) is 34.6 Å². The van der Waals surface area contributed by atoms with Gasteiger partial charge < -0.3 is 14.9 Å². The molecule has 1 aromatic heterocycles. The second-order valence-electron chi connectivity index (χ2n) is 6.33. The van der Waals surface area contributed by atoms with Crippen molar-refractivity contribution in [3.63, 3.8) is 0 Å². The van der Waals surface area contributed by atoms with E-state index >= 15 is 0 Å². The number of rotatable bonds is 6. The van der Waals surface area contributed by atoms with Gasteiger partial charge >= 0.3 is 0 Å². The number of carbonyl (C=O) groups excluding carboxylic acids is 1. The Bertz CT molecular complexity index is 828. The number of carbonyl (C=O) groups is 1. The van der Waals surface area contributed by atoms with Crippen LogP contribution < -0.4 is 10.1 Å². The van der Waals surface area contributed by atoms with Crippen LogP contribution in [0.5, 0.6) is 5.75 Å². The summed E-state index contributed by atoms with van der Waals surface area (Å²) in [5, 5.41) is 11.5. The van der Waals surface area contributed by atoms with Crippen LogP contribution in [0.2, 0.25) is 0 Å². The van der Waals surface area contributed by atoms with Gasteiger partial charge in [0, 0.05) is 24.7 Å². The zero-order valence-electron chi connectivity index (χ0n) is 15.5. The van der Waals surface area contributed by atoms with Crippen molar-refractivity contribution in [3.05, 3.63) is 47.3 Å². The highest BCUT2D eigenvalue weighted by atomic mass is 16.6. The molecule has 2 heterocycles. The van der Waals surface area contributed by atoms with E-state index in [1.54, 1.807) is 7.11 Å². The maximum Gasteiger partial charge on any atom is 0.264 e. The van der Waals surface area contributed by atoms with E-state index in [0.717, 1.165) is 34.8 Å². The summed E-state index contributed by atoms with van der Waals surface area (Å²) in [6, 6.07) is 7.47. The Morgan fingerprint density at radius 2 is 2.31 bits per heavy atom. The molecule has 0 radical (unpaired) electrons. The minimum atomic E-state index is -0.623. The number of nitrogens with one attached hydrogen (secondary N) is 1. The third kappa shape index (κ3) is 3.71. The molecular formula is C19H24N4O3. The first-order valence-electron chi connectivity index (χ1n) is 8.73. The van der Waals surface area contributed by atoms with E-state index in [-0.39, 0.29) is 11.9 Å². The molecule has 2 unspecified atom stereocenters. The van der Waals surface area contributed by atoms with Crippen molar-refractivity contribution in [3.8, 4) is 5.75 Å². The molecule has 0 aliphatic carbocycles. The number of aryl methyl sites for hydroxylation is 2. The molecule has 3 rings (SSSR count). The summed E-state index contributed by atoms with van der Waals surface area (Å²) in [5.74, 6) is 0.578. The van der Waals surface area contributed by atoms with Gasteiger partial charge in [-0.3, -0.25) is 9.48 Å². The van der Waals surface area contributed by atoms with Crippen LogP contribution >= 0.6 is 0 Å². The van der Waals surface area contributed by atoms with Gasteiger partial charge in [-0.2, -0.15) is 5.10 Å². The molecule has 1 amide bonds. The summed E-state index contributed by atoms with van der Waals surface area (Å²) < 4.78 is 7.08. The fraction of sp³-hybridized carbons (Fsp3) is 0.421. The Labute approximate surface area is 153 Å². The predicted molar refractivity (Wildman–Crippen MR) is 98.2 cm³/mol. The number of amides is 1. The van der Waals surface area contributed by atoms with E-state index in [9.17, 15) is 4.79 Å². The van der Waals surface area contributed by atoms with Crippen molar-refractivity contribution in [1.29, 1.82) is 0 Å². The molecule has 26 heavy (non-hydrogen) atoms. The van der Waals surface area contributed by atoms with E-state index in [1.165, 1.54) is 0 Å². The normalized spacial score (nSPS) is 17.4. The Balaban J connectivity index is 1.62. The SMILES string of the molecule is CCn1cc(C2=NOC(C(=O)NC(C)c3cccc(OC)c3)C2)c(C)n1. The molecule has 1 N–H and O–H groups in total. The predicted octanol–water partition coefficient (Wildman–Crippen LogP) is 2.59. The summed E-state index contributed by atoms with van der Waals surface area (Å²) in [6.07, 6.45) is 1.76. The first kappa shape index (κ1) is 18.0. The zero-order chi connectivity index (χ0) is 18.7. The van der Waals surface area contributed by atoms with E-state index in [4.69, 9.17) is 9.57 Å². The summed E-state index contributed by atoms with van der Waals surface area (Å²) in [6.45, 7) is 6.68. The molecule has 2 atom stereocenters. The molecule has 1 aliphatic heterocycles. The van der Waals surface area contributed by atoms with Gasteiger partial charge in [0.2, 0.25) is 6.10 Å². The summed E-state index contributed by atoms with van der Waals surface area (Å²) in [5.41, 5.74) is 3.55. The zero-order valence-corrected chi connectivity index (χ0v) is 15.5. The average Bonchev–Trinajstić information content (AvgIpc) is 3.28. The molecule has 0 saturated carbocycles. The van der Waals surface area contributed by atoms with Crippen molar-refractivity contribution in [2.75, 3.05) is 7.11 Å². The van der Waals surface area contributed by atoms with Crippen molar-refractivity contribution in [2.24, 2.45) is 5.16 Å². The van der Waals surface area contributed by atoms with Gasteiger partial charge in [-0.1, -0.05) is 17.3 Å². The number of nitrogens with zero attached hydrogens (tertiary/aromatic N) is 3. The number of benzene rings is 1. The quantitative estimate of drug-likeness (QED) is 0.863. The van der Waals surface area contributed by atoms with Crippen LogP contribution in [-0.2, 0) is 16.2 Å². The first-order valence-corrected chi connectivity index (χ1v) is 8.73. The van der Waals surface area contributed by atoms with Crippen molar-refractivity contribution in [1.82, 2.24) is 15.1 Å². The van der Waals surface area contributed by atoms with Crippen molar-refractivity contribution in [2.45, 2.75) is 45.9 Å². The number of hydrogen-bond donors (Lipinski definition) is 1. The van der Waals surface area contributed by atoms with Crippen LogP contribution in [0.4, 0.5) is 0 Å². The van der Waals surface area contributed by atoms with Crippen LogP contribution in [0.1, 0.15) is 43.1 Å². The fourth-order valence-electron chi connectivity index (χ4n) is 2.94. The van der Waals surface area contributed by atoms with Crippen LogP contribution in [0, 0.1) is 6.92 Å². The molecule has 1 aliphatic rings. The maximum atomic E-state index is 12.5. The molecular weight excluding hydrogens is 332 g/mol. The van der Waals surface area contributed by atoms with Gasteiger partial charge in [0.25, 0.3) is 5.91 Å². The Morgan fingerprint density at radius 3 is 3.00 bits per heavy atom. The minimum Gasteiger partial charge on any atom is -0.497 e. The van der Waals surface area contributed by atoms with Gasteiger partial charge in [-0.25, -0.2) is 0 Å². The lowest BCUT2D eigenvalue weighted by molar-refractivity contribution is -0.131. The molecule has 0 bridgehead atoms. The molecule has 0 fully saturated rings. The topological polar surface area (TPSA) is 77.7 Å². The largest absolute Gasteiger partial charge is 0.497 e. The number of ether oxygens (including phenoxy) is 1. The average molecular weight is 356 g/mol. The van der Waals surface area contributed by atoms with E-state index in [0.29, 0.717) is 6.42 Å². The number of aromatic nitrogens is 2. The lowest BCUT2D eigenvalue weighted by atomic mass is 10.0. The van der Waals surface area contributed by atoms with Gasteiger partial charge in [0.1, 0.15) is 5.75 Å². The maximum absolute atomic E-state index is 12.5. The van der Waals surface area contributed by atoms with E-state index in [2.05, 4.69) is 15.6 Å². The smallest absolute Gasteiger partial charge is 0.264 e. The van der Waals surface area contributed by atoms with Crippen molar-refractivity contribution >= 4 is 11.6 Å². The van der Waals surface area contributed by atoms with Gasteiger partial charge in [0.05, 0.1) is 24.6 Å². The molecule has 1 aromatic carbocycles. The fourth-order valence-corrected chi connectivity index (χ4v) is 2.94. The first-order chi connectivity index (χ1) is 12.5. The minimum absolute atomic E-state index is 0.158. The summed E-state index contributed by atoms with van der Waals surface area (Å²) in [4.78, 5) is 17.9. The third-order valence-electron chi connectivity index (χ3n) is 4.50. The molecule has 138 valence electrons. The number of oxime groups is 1. The second kappa shape index (κ2) is 7.59. The summed E-state index contributed by atoms with van der Waals surface area (Å²) >= 11 is 0. The Morgan fingerprint density at radius 1 is 1.50 bits per heavy atom. The lowest BCUT2D eigenvalue weighted by Gasteiger charge is -2.17. The van der Waals surface area contributed by atoms with Crippen LogP contribution in [0.3, 0.4) is 0 Å². The highest BCUT2D eigenvalue weighted by Gasteiger charge is 2.31. The molecule has 0 saturated heterocycles. The lowest BCUT2D eigenvalue weighted by Crippen LogP contribution is -2.36. The second-order valence-corrected chi connectivity index (χ2v) is 6.33. The Kier molecular flexibility index (Phi) is 5.25. The number of methoxy groups -OCH3 is 1. The molecule has 0 spiro atoms. The molecule has 7 nitrogen and oxygen atoms in total.